The molecule has 2 rings (SSSR count). The van der Waals surface area contributed by atoms with Crippen molar-refractivity contribution in [1.29, 1.82) is 0 Å². The highest BCUT2D eigenvalue weighted by Crippen LogP contribution is 2.11. The van der Waals surface area contributed by atoms with E-state index in [1.807, 2.05) is 0 Å². The summed E-state index contributed by atoms with van der Waals surface area (Å²) in [6.45, 7) is 2.41. The van der Waals surface area contributed by atoms with Crippen LogP contribution < -0.4 is 20.7 Å². The molecule has 25 heavy (non-hydrogen) atoms. The number of Topliss-reactive ketones (excluding diaryl/α,β-unsaturated/α-hetero) is 1. The molecule has 1 saturated heterocycles. The third kappa shape index (κ3) is 7.11. The van der Waals surface area contributed by atoms with E-state index in [2.05, 4.69) is 16.0 Å². The van der Waals surface area contributed by atoms with Crippen molar-refractivity contribution < 1.29 is 19.1 Å². The summed E-state index contributed by atoms with van der Waals surface area (Å²) in [6.07, 6.45) is 0.202. The summed E-state index contributed by atoms with van der Waals surface area (Å²) in [6, 6.07) is 6.68. The molecule has 8 heteroatoms. The van der Waals surface area contributed by atoms with Gasteiger partial charge >= 0.3 is 0 Å². The Morgan fingerprint density at radius 2 is 1.68 bits per heavy atom. The molecule has 1 aliphatic heterocycles. The number of ether oxygens (including phenoxy) is 1. The lowest BCUT2D eigenvalue weighted by Crippen LogP contribution is -2.48. The van der Waals surface area contributed by atoms with Crippen LogP contribution in [-0.2, 0) is 9.59 Å². The van der Waals surface area contributed by atoms with Gasteiger partial charge < -0.3 is 20.7 Å². The number of methoxy groups -OCH3 is 1. The number of amides is 2. The van der Waals surface area contributed by atoms with Crippen molar-refractivity contribution in [2.24, 2.45) is 5.92 Å². The van der Waals surface area contributed by atoms with Crippen LogP contribution in [0.3, 0.4) is 0 Å². The zero-order chi connectivity index (χ0) is 17.4. The highest BCUT2D eigenvalue weighted by atomic mass is 35.5. The molecule has 1 heterocycles. The second-order valence-electron chi connectivity index (χ2n) is 5.76. The molecule has 1 fully saturated rings. The summed E-state index contributed by atoms with van der Waals surface area (Å²) in [5, 5.41) is 8.47. The number of rotatable bonds is 9. The first-order chi connectivity index (χ1) is 11.6. The number of ketones is 1. The van der Waals surface area contributed by atoms with Gasteiger partial charge in [-0.2, -0.15) is 0 Å². The summed E-state index contributed by atoms with van der Waals surface area (Å²) in [5.41, 5.74) is 0.503. The summed E-state index contributed by atoms with van der Waals surface area (Å²) in [7, 11) is 1.55. The topological polar surface area (TPSA) is 96.5 Å². The van der Waals surface area contributed by atoms with Crippen molar-refractivity contribution in [3.05, 3.63) is 29.8 Å². The summed E-state index contributed by atoms with van der Waals surface area (Å²) in [5.74, 6) is 0.521. The first-order valence-electron chi connectivity index (χ1n) is 8.00. The van der Waals surface area contributed by atoms with E-state index in [0.29, 0.717) is 23.8 Å². The number of halogens is 1. The van der Waals surface area contributed by atoms with Gasteiger partial charge in [0, 0.05) is 44.0 Å². The maximum Gasteiger partial charge on any atom is 0.220 e. The van der Waals surface area contributed by atoms with E-state index in [4.69, 9.17) is 4.74 Å². The monoisotopic (exact) mass is 369 g/mol. The summed E-state index contributed by atoms with van der Waals surface area (Å²) < 4.78 is 5.02. The fourth-order valence-corrected chi connectivity index (χ4v) is 2.21. The molecule has 1 aromatic rings. The minimum Gasteiger partial charge on any atom is -0.497 e. The molecule has 138 valence electrons. The van der Waals surface area contributed by atoms with Gasteiger partial charge in [-0.1, -0.05) is 0 Å². The number of hydrogen-bond donors (Lipinski definition) is 3. The van der Waals surface area contributed by atoms with E-state index >= 15 is 0 Å². The number of hydrogen-bond acceptors (Lipinski definition) is 5. The number of benzene rings is 1. The van der Waals surface area contributed by atoms with Crippen LogP contribution in [0.1, 0.15) is 23.2 Å². The van der Waals surface area contributed by atoms with Crippen LogP contribution in [0, 0.1) is 5.92 Å². The van der Waals surface area contributed by atoms with E-state index in [0.717, 1.165) is 13.1 Å². The second kappa shape index (κ2) is 10.7. The minimum absolute atomic E-state index is 0. The van der Waals surface area contributed by atoms with Crippen LogP contribution in [0.15, 0.2) is 24.3 Å². The van der Waals surface area contributed by atoms with Gasteiger partial charge in [0.15, 0.2) is 5.78 Å². The molecule has 7 nitrogen and oxygen atoms in total. The standard InChI is InChI=1S/C17H23N3O4.ClH/c1-24-14-4-2-13(3-5-14)15(21)11-20-17(23)7-6-16(22)19-10-12-8-18-9-12;/h2-5,12,18H,6-11H2,1H3,(H,19,22)(H,20,23);1H. The fourth-order valence-electron chi connectivity index (χ4n) is 2.21. The smallest absolute Gasteiger partial charge is 0.220 e. The number of carbonyl (C=O) groups is 3. The lowest BCUT2D eigenvalue weighted by molar-refractivity contribution is -0.126. The summed E-state index contributed by atoms with van der Waals surface area (Å²) in [4.78, 5) is 35.3. The van der Waals surface area contributed by atoms with Gasteiger partial charge in [0.05, 0.1) is 13.7 Å². The van der Waals surface area contributed by atoms with Gasteiger partial charge in [-0.3, -0.25) is 14.4 Å². The SMILES string of the molecule is COc1ccc(C(=O)CNC(=O)CCC(=O)NCC2CNC2)cc1.Cl. The molecule has 3 N–H and O–H groups in total. The molecule has 1 aromatic carbocycles. The molecule has 0 radical (unpaired) electrons. The first kappa shape index (κ1) is 20.9. The lowest BCUT2D eigenvalue weighted by Gasteiger charge is -2.27. The van der Waals surface area contributed by atoms with Crippen LogP contribution in [0.2, 0.25) is 0 Å². The molecule has 0 saturated carbocycles. The maximum atomic E-state index is 12.0. The Kier molecular flexibility index (Phi) is 8.94. The van der Waals surface area contributed by atoms with E-state index in [1.54, 1.807) is 31.4 Å². The third-order valence-corrected chi connectivity index (χ3v) is 3.89. The van der Waals surface area contributed by atoms with Gasteiger partial charge in [0.2, 0.25) is 11.8 Å². The molecule has 0 aliphatic carbocycles. The Morgan fingerprint density at radius 3 is 2.20 bits per heavy atom. The fraction of sp³-hybridized carbons (Fsp3) is 0.471. The predicted octanol–water partition coefficient (Wildman–Crippen LogP) is 0.532. The maximum absolute atomic E-state index is 12.0. The van der Waals surface area contributed by atoms with E-state index in [-0.39, 0.29) is 49.4 Å². The van der Waals surface area contributed by atoms with Crippen LogP contribution in [0.4, 0.5) is 0 Å². The van der Waals surface area contributed by atoms with E-state index in [9.17, 15) is 14.4 Å². The van der Waals surface area contributed by atoms with Crippen LogP contribution in [0.25, 0.3) is 0 Å². The Hall–Kier alpha value is -2.12. The highest BCUT2D eigenvalue weighted by molar-refractivity contribution is 5.99. The Morgan fingerprint density at radius 1 is 1.08 bits per heavy atom. The summed E-state index contributed by atoms with van der Waals surface area (Å²) >= 11 is 0. The van der Waals surface area contributed by atoms with Crippen LogP contribution in [-0.4, -0.2) is 50.9 Å². The molecular formula is C17H24ClN3O4. The largest absolute Gasteiger partial charge is 0.497 e. The quantitative estimate of drug-likeness (QED) is 0.552. The van der Waals surface area contributed by atoms with E-state index < -0.39 is 0 Å². The predicted molar refractivity (Wildman–Crippen MR) is 96.2 cm³/mol. The zero-order valence-corrected chi connectivity index (χ0v) is 15.0. The molecule has 0 spiro atoms. The van der Waals surface area contributed by atoms with Crippen LogP contribution >= 0.6 is 12.4 Å². The Bertz CT molecular complexity index is 588. The van der Waals surface area contributed by atoms with E-state index in [1.165, 1.54) is 0 Å². The molecule has 1 aliphatic rings. The van der Waals surface area contributed by atoms with Gasteiger partial charge in [0.1, 0.15) is 5.75 Å². The molecule has 0 bridgehead atoms. The average molecular weight is 370 g/mol. The molecule has 2 amide bonds. The first-order valence-corrected chi connectivity index (χ1v) is 8.00. The molecule has 0 aromatic heterocycles. The second-order valence-corrected chi connectivity index (χ2v) is 5.76. The van der Waals surface area contributed by atoms with Crippen molar-refractivity contribution in [1.82, 2.24) is 16.0 Å². The van der Waals surface area contributed by atoms with Gasteiger partial charge in [-0.15, -0.1) is 12.4 Å². The molecule has 0 unspecified atom stereocenters. The third-order valence-electron chi connectivity index (χ3n) is 3.89. The van der Waals surface area contributed by atoms with Crippen molar-refractivity contribution in [2.75, 3.05) is 33.3 Å². The van der Waals surface area contributed by atoms with Crippen molar-refractivity contribution in [3.8, 4) is 5.75 Å². The minimum atomic E-state index is -0.308. The van der Waals surface area contributed by atoms with Crippen molar-refractivity contribution >= 4 is 30.0 Å². The Labute approximate surface area is 153 Å². The van der Waals surface area contributed by atoms with Gasteiger partial charge in [0.25, 0.3) is 0 Å². The lowest BCUT2D eigenvalue weighted by atomic mass is 10.0. The Balaban J connectivity index is 0.00000312. The van der Waals surface area contributed by atoms with Gasteiger partial charge in [-0.05, 0) is 24.3 Å². The zero-order valence-electron chi connectivity index (χ0n) is 14.2. The van der Waals surface area contributed by atoms with Gasteiger partial charge in [-0.25, -0.2) is 0 Å². The van der Waals surface area contributed by atoms with Crippen molar-refractivity contribution in [2.45, 2.75) is 12.8 Å². The number of nitrogens with one attached hydrogen (secondary N) is 3. The van der Waals surface area contributed by atoms with Crippen LogP contribution in [0.5, 0.6) is 5.75 Å². The highest BCUT2D eigenvalue weighted by Gasteiger charge is 2.17. The molecular weight excluding hydrogens is 346 g/mol. The average Bonchev–Trinajstić information content (AvgIpc) is 2.56. The van der Waals surface area contributed by atoms with Crippen molar-refractivity contribution in [3.63, 3.8) is 0 Å². The normalized spacial score (nSPS) is 13.2. The molecule has 0 atom stereocenters. The number of carbonyl (C=O) groups excluding carboxylic acids is 3.